The van der Waals surface area contributed by atoms with Crippen LogP contribution < -0.4 is 0 Å². The van der Waals surface area contributed by atoms with Gasteiger partial charge >= 0.3 is 17.9 Å². The second kappa shape index (κ2) is 15.2. The Balaban J connectivity index is 4.98. The number of carboxylic acid groups (broad SMARTS) is 2. The van der Waals surface area contributed by atoms with E-state index in [1.807, 2.05) is 6.92 Å². The van der Waals surface area contributed by atoms with Crippen LogP contribution in [0.1, 0.15) is 104 Å². The van der Waals surface area contributed by atoms with Crippen molar-refractivity contribution in [2.75, 3.05) is 0 Å². The van der Waals surface area contributed by atoms with Gasteiger partial charge in [-0.25, -0.2) is 4.79 Å². The standard InChI is InChI=1S/C22H40O7/c1-4-7-9-10-11-12-14-18(17(6-3)13-8-5-2)29-20(25)16-22(28,21(26)27)15-19(23)24/h17-18,28H,4-16H2,1-3H3,(H,23,24)(H,26,27). The van der Waals surface area contributed by atoms with Gasteiger partial charge in [-0.3, -0.25) is 9.59 Å². The largest absolute Gasteiger partial charge is 0.481 e. The number of ether oxygens (including phenoxy) is 1. The maximum atomic E-state index is 12.4. The maximum absolute atomic E-state index is 12.4. The smallest absolute Gasteiger partial charge is 0.336 e. The zero-order valence-corrected chi connectivity index (χ0v) is 18.3. The lowest BCUT2D eigenvalue weighted by atomic mass is 9.89. The summed E-state index contributed by atoms with van der Waals surface area (Å²) in [5, 5.41) is 28.1. The molecular formula is C22H40O7. The topological polar surface area (TPSA) is 121 Å². The lowest BCUT2D eigenvalue weighted by Crippen LogP contribution is -2.44. The minimum absolute atomic E-state index is 0.173. The Morgan fingerprint density at radius 1 is 0.828 bits per heavy atom. The van der Waals surface area contributed by atoms with Gasteiger partial charge < -0.3 is 20.1 Å². The molecule has 7 heteroatoms. The van der Waals surface area contributed by atoms with Crippen LogP contribution in [-0.2, 0) is 19.1 Å². The summed E-state index contributed by atoms with van der Waals surface area (Å²) in [5.41, 5.74) is -2.65. The highest BCUT2D eigenvalue weighted by molar-refractivity contribution is 5.88. The first-order valence-corrected chi connectivity index (χ1v) is 11.1. The predicted molar refractivity (Wildman–Crippen MR) is 111 cm³/mol. The number of hydrogen-bond acceptors (Lipinski definition) is 5. The van der Waals surface area contributed by atoms with Gasteiger partial charge in [0.1, 0.15) is 6.10 Å². The number of rotatable bonds is 18. The highest BCUT2D eigenvalue weighted by Crippen LogP contribution is 2.26. The van der Waals surface area contributed by atoms with E-state index in [4.69, 9.17) is 14.9 Å². The van der Waals surface area contributed by atoms with Crippen molar-refractivity contribution in [3.05, 3.63) is 0 Å². The molecule has 0 aliphatic heterocycles. The first kappa shape index (κ1) is 27.4. The van der Waals surface area contributed by atoms with Gasteiger partial charge in [0, 0.05) is 0 Å². The van der Waals surface area contributed by atoms with Crippen molar-refractivity contribution in [2.45, 2.75) is 116 Å². The molecule has 0 aliphatic carbocycles. The summed E-state index contributed by atoms with van der Waals surface area (Å²) in [4.78, 5) is 34.5. The molecule has 3 atom stereocenters. The van der Waals surface area contributed by atoms with Crippen molar-refractivity contribution >= 4 is 17.9 Å². The molecule has 170 valence electrons. The van der Waals surface area contributed by atoms with Gasteiger partial charge in [-0.2, -0.15) is 0 Å². The SMILES string of the molecule is CCCCCCCCC(OC(=O)CC(O)(CC(=O)O)C(=O)O)C(CC)CCCC. The van der Waals surface area contributed by atoms with Crippen LogP contribution in [0.25, 0.3) is 0 Å². The van der Waals surface area contributed by atoms with Crippen molar-refractivity contribution in [3.8, 4) is 0 Å². The zero-order valence-electron chi connectivity index (χ0n) is 18.3. The molecule has 7 nitrogen and oxygen atoms in total. The molecule has 0 amide bonds. The lowest BCUT2D eigenvalue weighted by molar-refractivity contribution is -0.174. The molecule has 0 bridgehead atoms. The van der Waals surface area contributed by atoms with E-state index in [9.17, 15) is 19.5 Å². The van der Waals surface area contributed by atoms with Gasteiger partial charge in [-0.05, 0) is 31.6 Å². The second-order valence-corrected chi connectivity index (χ2v) is 7.98. The summed E-state index contributed by atoms with van der Waals surface area (Å²) in [6.07, 6.45) is 8.93. The van der Waals surface area contributed by atoms with Crippen molar-refractivity contribution in [2.24, 2.45) is 5.92 Å². The Bertz CT molecular complexity index is 492. The van der Waals surface area contributed by atoms with Gasteiger partial charge in [-0.15, -0.1) is 0 Å². The van der Waals surface area contributed by atoms with Gasteiger partial charge in [0.25, 0.3) is 0 Å². The molecule has 0 saturated carbocycles. The average molecular weight is 417 g/mol. The average Bonchev–Trinajstić information content (AvgIpc) is 2.63. The molecule has 0 fully saturated rings. The number of carbonyl (C=O) groups is 3. The third-order valence-electron chi connectivity index (χ3n) is 5.38. The molecular weight excluding hydrogens is 376 g/mol. The molecule has 0 aliphatic rings. The van der Waals surface area contributed by atoms with E-state index < -0.39 is 36.4 Å². The Kier molecular flexibility index (Phi) is 14.4. The maximum Gasteiger partial charge on any atom is 0.336 e. The Labute approximate surface area is 174 Å². The third-order valence-corrected chi connectivity index (χ3v) is 5.38. The van der Waals surface area contributed by atoms with E-state index in [-0.39, 0.29) is 12.0 Å². The van der Waals surface area contributed by atoms with Gasteiger partial charge in [0.05, 0.1) is 12.8 Å². The van der Waals surface area contributed by atoms with Gasteiger partial charge in [-0.1, -0.05) is 65.7 Å². The number of carboxylic acids is 2. The fourth-order valence-corrected chi connectivity index (χ4v) is 3.55. The van der Waals surface area contributed by atoms with Gasteiger partial charge in [0.2, 0.25) is 0 Å². The highest BCUT2D eigenvalue weighted by Gasteiger charge is 2.42. The van der Waals surface area contributed by atoms with E-state index in [0.717, 1.165) is 44.9 Å². The van der Waals surface area contributed by atoms with Crippen LogP contribution in [0.5, 0.6) is 0 Å². The van der Waals surface area contributed by atoms with Crippen LogP contribution >= 0.6 is 0 Å². The fourth-order valence-electron chi connectivity index (χ4n) is 3.55. The summed E-state index contributed by atoms with van der Waals surface area (Å²) in [7, 11) is 0. The molecule has 3 N–H and O–H groups in total. The first-order valence-electron chi connectivity index (χ1n) is 11.1. The predicted octanol–water partition coefficient (Wildman–Crippen LogP) is 4.55. The highest BCUT2D eigenvalue weighted by atomic mass is 16.5. The van der Waals surface area contributed by atoms with Crippen LogP contribution in [0.2, 0.25) is 0 Å². The number of aliphatic hydroxyl groups is 1. The monoisotopic (exact) mass is 416 g/mol. The van der Waals surface area contributed by atoms with E-state index in [2.05, 4.69) is 13.8 Å². The summed E-state index contributed by atoms with van der Waals surface area (Å²) < 4.78 is 5.60. The summed E-state index contributed by atoms with van der Waals surface area (Å²) in [6, 6.07) is 0. The Hall–Kier alpha value is -1.63. The molecule has 3 unspecified atom stereocenters. The number of carbonyl (C=O) groups excluding carboxylic acids is 1. The number of aliphatic carboxylic acids is 2. The van der Waals surface area contributed by atoms with E-state index in [1.54, 1.807) is 0 Å². The molecule has 0 radical (unpaired) electrons. The van der Waals surface area contributed by atoms with Gasteiger partial charge in [0.15, 0.2) is 5.60 Å². The normalized spacial score (nSPS) is 15.3. The Morgan fingerprint density at radius 2 is 1.41 bits per heavy atom. The molecule has 0 heterocycles. The molecule has 0 aromatic heterocycles. The van der Waals surface area contributed by atoms with E-state index in [0.29, 0.717) is 6.42 Å². The van der Waals surface area contributed by atoms with Crippen molar-refractivity contribution in [1.82, 2.24) is 0 Å². The summed E-state index contributed by atoms with van der Waals surface area (Å²) >= 11 is 0. The quantitative estimate of drug-likeness (QED) is 0.221. The number of esters is 1. The minimum Gasteiger partial charge on any atom is -0.481 e. The molecule has 0 spiro atoms. The van der Waals surface area contributed by atoms with Crippen LogP contribution in [-0.4, -0.2) is 44.9 Å². The zero-order chi connectivity index (χ0) is 22.3. The van der Waals surface area contributed by atoms with Crippen molar-refractivity contribution in [1.29, 1.82) is 0 Å². The number of hydrogen-bond donors (Lipinski definition) is 3. The van der Waals surface area contributed by atoms with Crippen molar-refractivity contribution < 1.29 is 34.4 Å². The van der Waals surface area contributed by atoms with Crippen LogP contribution in [0.4, 0.5) is 0 Å². The first-order chi connectivity index (χ1) is 13.7. The fraction of sp³-hybridized carbons (Fsp3) is 0.864. The van der Waals surface area contributed by atoms with E-state index in [1.165, 1.54) is 19.3 Å². The molecule has 0 aromatic rings. The number of unbranched alkanes of at least 4 members (excludes halogenated alkanes) is 6. The lowest BCUT2D eigenvalue weighted by Gasteiger charge is -2.28. The van der Waals surface area contributed by atoms with Crippen LogP contribution in [0.3, 0.4) is 0 Å². The molecule has 0 rings (SSSR count). The molecule has 29 heavy (non-hydrogen) atoms. The Morgan fingerprint density at radius 3 is 1.93 bits per heavy atom. The molecule has 0 aromatic carbocycles. The third kappa shape index (κ3) is 11.8. The van der Waals surface area contributed by atoms with E-state index >= 15 is 0 Å². The second-order valence-electron chi connectivity index (χ2n) is 7.98. The van der Waals surface area contributed by atoms with Crippen LogP contribution in [0, 0.1) is 5.92 Å². The molecule has 0 saturated heterocycles. The minimum atomic E-state index is -2.65. The summed E-state index contributed by atoms with van der Waals surface area (Å²) in [6.45, 7) is 6.30. The van der Waals surface area contributed by atoms with Crippen molar-refractivity contribution in [3.63, 3.8) is 0 Å². The summed E-state index contributed by atoms with van der Waals surface area (Å²) in [5.74, 6) is -3.91. The van der Waals surface area contributed by atoms with Crippen LogP contribution in [0.15, 0.2) is 0 Å².